The molecule has 4 N–H and O–H groups in total. The predicted octanol–water partition coefficient (Wildman–Crippen LogP) is -0.300. The molecule has 1 aliphatic carbocycles. The minimum absolute atomic E-state index is 0.334. The van der Waals surface area contributed by atoms with Crippen molar-refractivity contribution in [3.05, 3.63) is 0 Å². The molecule has 96 valence electrons. The van der Waals surface area contributed by atoms with E-state index in [1.165, 1.54) is 0 Å². The molecule has 1 rings (SSSR count). The monoisotopic (exact) mass is 292 g/mol. The molecule has 16 heavy (non-hydrogen) atoms. The highest BCUT2D eigenvalue weighted by Crippen LogP contribution is 2.40. The summed E-state index contributed by atoms with van der Waals surface area (Å²) in [5, 5.41) is 18.0. The van der Waals surface area contributed by atoms with Gasteiger partial charge in [0.2, 0.25) is 0 Å². The number of alkyl halides is 1. The molecule has 1 saturated carbocycles. The minimum Gasteiger partial charge on any atom is -0.377 e. The molecule has 0 bridgehead atoms. The molecule has 6 unspecified atom stereocenters. The van der Waals surface area contributed by atoms with Crippen molar-refractivity contribution in [2.45, 2.75) is 29.1 Å². The number of aliphatic hydroxyl groups excluding tert-OH is 2. The van der Waals surface area contributed by atoms with Gasteiger partial charge in [-0.1, -0.05) is 0 Å². The second kappa shape index (κ2) is 5.85. The van der Waals surface area contributed by atoms with Gasteiger partial charge in [-0.15, -0.1) is 11.6 Å². The van der Waals surface area contributed by atoms with Crippen LogP contribution in [0.2, 0.25) is 0 Å². The van der Waals surface area contributed by atoms with Gasteiger partial charge in [0.15, 0.2) is 33.0 Å². The Hall–Kier alpha value is 0.430. The van der Waals surface area contributed by atoms with Crippen molar-refractivity contribution >= 4 is 33.8 Å². The molecule has 0 aliphatic heterocycles. The van der Waals surface area contributed by atoms with Gasteiger partial charge in [-0.2, -0.15) is 0 Å². The van der Waals surface area contributed by atoms with E-state index in [9.17, 15) is 18.6 Å². The Morgan fingerprint density at radius 2 is 1.31 bits per heavy atom. The number of aliphatic hydroxyl groups is 2. The normalized spacial score (nSPS) is 37.9. The molecule has 1 fully saturated rings. The molecule has 0 saturated heterocycles. The molecule has 0 aromatic rings. The fourth-order valence-corrected chi connectivity index (χ4v) is 3.83. The first-order valence-electron chi connectivity index (χ1n) is 4.55. The van der Waals surface area contributed by atoms with Crippen molar-refractivity contribution in [1.82, 2.24) is 0 Å². The largest absolute Gasteiger partial charge is 0.377 e. The maximum atomic E-state index is 10.7. The molecule has 0 spiro atoms. The Labute approximate surface area is 103 Å². The lowest BCUT2D eigenvalue weighted by Gasteiger charge is -2.22. The number of hydrogen-bond donors (Lipinski definition) is 4. The fraction of sp³-hybridized carbons (Fsp3) is 1.00. The average molecular weight is 293 g/mol. The van der Waals surface area contributed by atoms with Crippen LogP contribution in [-0.4, -0.2) is 44.0 Å². The van der Waals surface area contributed by atoms with Crippen molar-refractivity contribution < 1.29 is 27.7 Å². The SMILES string of the molecule is O=S(O)C(O)C1CCC(C(O)S(=O)O)C1Cl. The standard InChI is InChI=1S/C7H13ClO6S2/c8-5-3(6(9)15(11)12)1-2-4(5)7(10)16(13)14/h3-7,9-10H,1-2H2,(H,11,12)(H,13,14). The molecule has 0 radical (unpaired) electrons. The van der Waals surface area contributed by atoms with Gasteiger partial charge >= 0.3 is 0 Å². The molecule has 6 atom stereocenters. The third kappa shape index (κ3) is 3.00. The molecular weight excluding hydrogens is 280 g/mol. The van der Waals surface area contributed by atoms with E-state index >= 15 is 0 Å². The Morgan fingerprint density at radius 3 is 1.56 bits per heavy atom. The summed E-state index contributed by atoms with van der Waals surface area (Å²) < 4.78 is 38.8. The number of rotatable bonds is 4. The zero-order valence-corrected chi connectivity index (χ0v) is 10.5. The molecule has 1 aliphatic rings. The van der Waals surface area contributed by atoms with E-state index in [4.69, 9.17) is 20.7 Å². The first kappa shape index (κ1) is 14.5. The molecular formula is C7H13ClO6S2. The van der Waals surface area contributed by atoms with Crippen LogP contribution in [0.25, 0.3) is 0 Å². The highest BCUT2D eigenvalue weighted by molar-refractivity contribution is 7.79. The van der Waals surface area contributed by atoms with Gasteiger partial charge in [-0.25, -0.2) is 8.42 Å². The lowest BCUT2D eigenvalue weighted by molar-refractivity contribution is 0.157. The van der Waals surface area contributed by atoms with E-state index < -0.39 is 50.2 Å². The topological polar surface area (TPSA) is 115 Å². The van der Waals surface area contributed by atoms with E-state index in [0.29, 0.717) is 12.8 Å². The maximum absolute atomic E-state index is 10.7. The van der Waals surface area contributed by atoms with Crippen molar-refractivity contribution in [2.24, 2.45) is 11.8 Å². The molecule has 9 heteroatoms. The van der Waals surface area contributed by atoms with Crippen LogP contribution in [0.4, 0.5) is 0 Å². The third-order valence-electron chi connectivity index (χ3n) is 2.80. The van der Waals surface area contributed by atoms with E-state index in [2.05, 4.69) is 0 Å². The zero-order valence-electron chi connectivity index (χ0n) is 8.10. The van der Waals surface area contributed by atoms with E-state index in [1.54, 1.807) is 0 Å². The first-order valence-corrected chi connectivity index (χ1v) is 7.33. The second-order valence-electron chi connectivity index (χ2n) is 3.68. The lowest BCUT2D eigenvalue weighted by atomic mass is 10.1. The quantitative estimate of drug-likeness (QED) is 0.418. The summed E-state index contributed by atoms with van der Waals surface area (Å²) in [6.45, 7) is 0. The van der Waals surface area contributed by atoms with Gasteiger partial charge in [0.05, 0.1) is 0 Å². The summed E-state index contributed by atoms with van der Waals surface area (Å²) in [5.41, 5.74) is -2.99. The number of hydrogen-bond acceptors (Lipinski definition) is 4. The van der Waals surface area contributed by atoms with E-state index in [-0.39, 0.29) is 0 Å². The molecule has 0 heterocycles. The van der Waals surface area contributed by atoms with Gasteiger partial charge in [0.1, 0.15) is 0 Å². The van der Waals surface area contributed by atoms with Gasteiger partial charge in [0.25, 0.3) is 0 Å². The minimum atomic E-state index is -2.41. The van der Waals surface area contributed by atoms with Crippen LogP contribution in [0, 0.1) is 11.8 Å². The summed E-state index contributed by atoms with van der Waals surface area (Å²) in [6, 6.07) is 0. The second-order valence-corrected chi connectivity index (χ2v) is 6.26. The highest BCUT2D eigenvalue weighted by Gasteiger charge is 2.45. The summed E-state index contributed by atoms with van der Waals surface area (Å²) in [4.78, 5) is 0. The summed E-state index contributed by atoms with van der Waals surface area (Å²) in [7, 11) is 0. The van der Waals surface area contributed by atoms with Crippen molar-refractivity contribution in [3.63, 3.8) is 0 Å². The Bertz CT molecular complexity index is 273. The Balaban J connectivity index is 2.70. The highest BCUT2D eigenvalue weighted by atomic mass is 35.5. The van der Waals surface area contributed by atoms with Crippen LogP contribution in [0.15, 0.2) is 0 Å². The molecule has 0 amide bonds. The summed E-state index contributed by atoms with van der Waals surface area (Å²) >= 11 is 1.09. The number of halogens is 1. The van der Waals surface area contributed by atoms with Crippen molar-refractivity contribution in [2.75, 3.05) is 0 Å². The van der Waals surface area contributed by atoms with E-state index in [0.717, 1.165) is 0 Å². The average Bonchev–Trinajstić information content (AvgIpc) is 2.57. The first-order chi connectivity index (χ1) is 7.36. The lowest BCUT2D eigenvalue weighted by Crippen LogP contribution is -2.35. The smallest absolute Gasteiger partial charge is 0.182 e. The van der Waals surface area contributed by atoms with E-state index in [1.807, 2.05) is 0 Å². The van der Waals surface area contributed by atoms with Crippen molar-refractivity contribution in [3.8, 4) is 0 Å². The zero-order chi connectivity index (χ0) is 12.5. The molecule has 6 nitrogen and oxygen atoms in total. The van der Waals surface area contributed by atoms with Crippen molar-refractivity contribution in [1.29, 1.82) is 0 Å². The van der Waals surface area contributed by atoms with Crippen LogP contribution < -0.4 is 0 Å². The van der Waals surface area contributed by atoms with Crippen LogP contribution in [0.5, 0.6) is 0 Å². The molecule has 0 aromatic carbocycles. The Kier molecular flexibility index (Phi) is 5.30. The predicted molar refractivity (Wildman–Crippen MR) is 59.4 cm³/mol. The van der Waals surface area contributed by atoms with Gasteiger partial charge < -0.3 is 19.3 Å². The van der Waals surface area contributed by atoms with Crippen LogP contribution in [-0.2, 0) is 22.2 Å². The maximum Gasteiger partial charge on any atom is 0.182 e. The van der Waals surface area contributed by atoms with Crippen LogP contribution in [0.3, 0.4) is 0 Å². The molecule has 0 aromatic heterocycles. The van der Waals surface area contributed by atoms with Gasteiger partial charge in [-0.05, 0) is 12.8 Å². The van der Waals surface area contributed by atoms with Gasteiger partial charge in [0, 0.05) is 17.2 Å². The van der Waals surface area contributed by atoms with Gasteiger partial charge in [-0.3, -0.25) is 0 Å². The van der Waals surface area contributed by atoms with Crippen LogP contribution in [0.1, 0.15) is 12.8 Å². The van der Waals surface area contributed by atoms with Crippen LogP contribution >= 0.6 is 11.6 Å². The Morgan fingerprint density at radius 1 is 1.00 bits per heavy atom. The fourth-order valence-electron chi connectivity index (χ4n) is 1.92. The summed E-state index contributed by atoms with van der Waals surface area (Å²) in [6.07, 6.45) is 0.668. The third-order valence-corrected chi connectivity index (χ3v) is 4.97. The summed E-state index contributed by atoms with van der Waals surface area (Å²) in [5.74, 6) is -1.31.